The predicted molar refractivity (Wildman–Crippen MR) is 94.2 cm³/mol. The Morgan fingerprint density at radius 1 is 0.833 bits per heavy atom. The van der Waals surface area contributed by atoms with E-state index in [-0.39, 0.29) is 41.9 Å². The van der Waals surface area contributed by atoms with Crippen LogP contribution in [0.3, 0.4) is 0 Å². The molecule has 0 aromatic carbocycles. The van der Waals surface area contributed by atoms with Crippen LogP contribution in [0.1, 0.15) is 70.6 Å². The number of aliphatic carboxylic acids is 2. The van der Waals surface area contributed by atoms with Crippen LogP contribution in [-0.2, 0) is 14.4 Å². The van der Waals surface area contributed by atoms with Crippen LogP contribution in [0.5, 0.6) is 0 Å². The minimum absolute atomic E-state index is 0. The number of rotatable bonds is 15. The van der Waals surface area contributed by atoms with Crippen molar-refractivity contribution in [2.75, 3.05) is 6.54 Å². The van der Waals surface area contributed by atoms with Gasteiger partial charge in [0.05, 0.1) is 0 Å². The molecule has 0 aliphatic carbocycles. The molecule has 0 rings (SSSR count). The van der Waals surface area contributed by atoms with Crippen molar-refractivity contribution in [3.8, 4) is 0 Å². The van der Waals surface area contributed by atoms with Gasteiger partial charge in [-0.3, -0.25) is 9.59 Å². The van der Waals surface area contributed by atoms with Crippen molar-refractivity contribution in [1.29, 1.82) is 0 Å². The summed E-state index contributed by atoms with van der Waals surface area (Å²) < 4.78 is 0. The second kappa shape index (κ2) is 17.2. The molecule has 8 heteroatoms. The summed E-state index contributed by atoms with van der Waals surface area (Å²) in [6.45, 7) is 0.521. The molecule has 5 N–H and O–H groups in total. The Hall–Kier alpha value is -0.630. The van der Waals surface area contributed by atoms with E-state index in [1.165, 1.54) is 0 Å². The molecule has 0 saturated heterocycles. The van der Waals surface area contributed by atoms with Crippen LogP contribution in [0.2, 0.25) is 0 Å². The van der Waals surface area contributed by atoms with Gasteiger partial charge < -0.3 is 21.3 Å². The zero-order valence-electron chi connectivity index (χ0n) is 13.8. The van der Waals surface area contributed by atoms with Gasteiger partial charge in [-0.05, 0) is 38.6 Å². The number of hydrogen-bond donors (Lipinski definition) is 4. The summed E-state index contributed by atoms with van der Waals surface area (Å²) in [5, 5.41) is 20.1. The first-order valence-electron chi connectivity index (χ1n) is 8.41. The summed E-state index contributed by atoms with van der Waals surface area (Å²) in [4.78, 5) is 33.1. The van der Waals surface area contributed by atoms with Crippen molar-refractivity contribution in [2.24, 2.45) is 5.73 Å². The number of hydrogen-bond acceptors (Lipinski definition) is 4. The molecule has 0 radical (unpaired) electrons. The number of carbonyl (C=O) groups is 3. The maximum atomic E-state index is 11.7. The van der Waals surface area contributed by atoms with Gasteiger partial charge in [-0.25, -0.2) is 4.79 Å². The fourth-order valence-corrected chi connectivity index (χ4v) is 2.29. The Balaban J connectivity index is 0. The Kier molecular flexibility index (Phi) is 18.4. The van der Waals surface area contributed by atoms with E-state index in [9.17, 15) is 14.4 Å². The average Bonchev–Trinajstić information content (AvgIpc) is 2.48. The molecule has 0 spiro atoms. The van der Waals surface area contributed by atoms with E-state index in [0.717, 1.165) is 38.5 Å². The molecule has 0 saturated carbocycles. The van der Waals surface area contributed by atoms with E-state index in [4.69, 9.17) is 15.9 Å². The van der Waals surface area contributed by atoms with Crippen molar-refractivity contribution in [3.63, 3.8) is 0 Å². The molecule has 0 aromatic rings. The molecule has 0 unspecified atom stereocenters. The molecule has 7 nitrogen and oxygen atoms in total. The van der Waals surface area contributed by atoms with Crippen molar-refractivity contribution in [2.45, 2.75) is 76.7 Å². The fourth-order valence-electron chi connectivity index (χ4n) is 2.29. The number of unbranched alkanes of at least 4 members (excludes halogenated alkanes) is 6. The number of nitrogens with one attached hydrogen (secondary N) is 1. The molecule has 0 heterocycles. The first-order valence-corrected chi connectivity index (χ1v) is 8.41. The van der Waals surface area contributed by atoms with Crippen LogP contribution >= 0.6 is 0 Å². The van der Waals surface area contributed by atoms with E-state index in [2.05, 4.69) is 5.32 Å². The van der Waals surface area contributed by atoms with Crippen molar-refractivity contribution in [1.82, 2.24) is 5.32 Å². The number of carbonyl (C=O) groups excluding carboxylic acids is 1. The van der Waals surface area contributed by atoms with Crippen LogP contribution in [0.15, 0.2) is 0 Å². The fraction of sp³-hybridized carbons (Fsp3) is 0.812. The van der Waals surface area contributed by atoms with Gasteiger partial charge in [-0.2, -0.15) is 0 Å². The molecule has 1 atom stereocenters. The first kappa shape index (κ1) is 25.6. The Morgan fingerprint density at radius 3 is 1.88 bits per heavy atom. The molecular weight excluding hydrogens is 323 g/mol. The summed E-state index contributed by atoms with van der Waals surface area (Å²) >= 11 is 0. The summed E-state index contributed by atoms with van der Waals surface area (Å²) in [5.74, 6) is -1.99. The zero-order chi connectivity index (χ0) is 17.5. The molecule has 0 bridgehead atoms. The van der Waals surface area contributed by atoms with Gasteiger partial charge in [-0.1, -0.05) is 25.7 Å². The average molecular weight is 354 g/mol. The van der Waals surface area contributed by atoms with Crippen LogP contribution < -0.4 is 11.1 Å². The Labute approximate surface area is 166 Å². The SMILES string of the molecule is NCCCC[C@H](NC(=O)CCCCCCCCC(=O)O)C(=O)O.[NaH]. The third-order valence-electron chi connectivity index (χ3n) is 3.62. The van der Waals surface area contributed by atoms with Crippen LogP contribution in [0.4, 0.5) is 0 Å². The van der Waals surface area contributed by atoms with Crippen LogP contribution in [-0.4, -0.2) is 70.2 Å². The van der Waals surface area contributed by atoms with Gasteiger partial charge >= 0.3 is 41.5 Å². The quantitative estimate of drug-likeness (QED) is 0.259. The topological polar surface area (TPSA) is 130 Å². The predicted octanol–water partition coefficient (Wildman–Crippen LogP) is 1.24. The van der Waals surface area contributed by atoms with E-state index >= 15 is 0 Å². The summed E-state index contributed by atoms with van der Waals surface area (Å²) in [6, 6.07) is -0.829. The van der Waals surface area contributed by atoms with Gasteiger partial charge in [0.2, 0.25) is 5.91 Å². The summed E-state index contributed by atoms with van der Waals surface area (Å²) in [5.41, 5.74) is 5.37. The molecule has 24 heavy (non-hydrogen) atoms. The number of amides is 1. The second-order valence-electron chi connectivity index (χ2n) is 5.76. The Bertz CT molecular complexity index is 366. The van der Waals surface area contributed by atoms with Crippen LogP contribution in [0, 0.1) is 0 Å². The first-order chi connectivity index (χ1) is 11.0. The van der Waals surface area contributed by atoms with Crippen molar-refractivity contribution in [3.05, 3.63) is 0 Å². The normalized spacial score (nSPS) is 11.4. The van der Waals surface area contributed by atoms with E-state index in [0.29, 0.717) is 32.2 Å². The van der Waals surface area contributed by atoms with Gasteiger partial charge in [0, 0.05) is 12.8 Å². The number of carboxylic acid groups (broad SMARTS) is 2. The molecular formula is C16H31N2NaO5. The Morgan fingerprint density at radius 2 is 1.38 bits per heavy atom. The third kappa shape index (κ3) is 16.2. The van der Waals surface area contributed by atoms with E-state index < -0.39 is 18.0 Å². The maximum absolute atomic E-state index is 11.7. The minimum atomic E-state index is -1.01. The van der Waals surface area contributed by atoms with Crippen LogP contribution in [0.25, 0.3) is 0 Å². The molecule has 1 amide bonds. The van der Waals surface area contributed by atoms with E-state index in [1.807, 2.05) is 0 Å². The standard InChI is InChI=1S/C16H30N2O5.Na.H/c17-12-8-7-9-13(16(22)23)18-14(19)10-5-3-1-2-4-6-11-15(20)21;;/h13H,1-12,17H2,(H,18,19)(H,20,21)(H,22,23);;/t13-;;/m0../s1. The van der Waals surface area contributed by atoms with Crippen molar-refractivity contribution >= 4 is 47.4 Å². The molecule has 0 fully saturated rings. The third-order valence-corrected chi connectivity index (χ3v) is 3.62. The van der Waals surface area contributed by atoms with Gasteiger partial charge in [0.25, 0.3) is 0 Å². The zero-order valence-corrected chi connectivity index (χ0v) is 13.8. The summed E-state index contributed by atoms with van der Waals surface area (Å²) in [6.07, 6.45) is 7.51. The van der Waals surface area contributed by atoms with E-state index in [1.54, 1.807) is 0 Å². The van der Waals surface area contributed by atoms with Crippen molar-refractivity contribution < 1.29 is 24.6 Å². The number of carboxylic acids is 2. The van der Waals surface area contributed by atoms with Gasteiger partial charge in [-0.15, -0.1) is 0 Å². The number of nitrogens with two attached hydrogens (primary N) is 1. The summed E-state index contributed by atoms with van der Waals surface area (Å²) in [7, 11) is 0. The molecule has 0 aromatic heterocycles. The van der Waals surface area contributed by atoms with Gasteiger partial charge in [0.1, 0.15) is 6.04 Å². The molecule has 136 valence electrons. The molecule has 0 aliphatic rings. The monoisotopic (exact) mass is 354 g/mol. The van der Waals surface area contributed by atoms with Gasteiger partial charge in [0.15, 0.2) is 0 Å². The second-order valence-corrected chi connectivity index (χ2v) is 5.76. The molecule has 0 aliphatic heterocycles.